The van der Waals surface area contributed by atoms with E-state index in [9.17, 15) is 4.79 Å². The van der Waals surface area contributed by atoms with E-state index in [1.807, 2.05) is 19.1 Å². The standard InChI is InChI=1S/C13H17BrN2O/c1-9(2)8-10(3)15-16-13(17)11-4-6-12(14)7-5-11/h4-7,9H,8H2,1-3H3,(H,16,17). The Balaban J connectivity index is 2.58. The molecule has 0 fully saturated rings. The first-order valence-electron chi connectivity index (χ1n) is 5.58. The third kappa shape index (κ3) is 5.13. The Bertz CT molecular complexity index is 410. The molecule has 0 unspecified atom stereocenters. The van der Waals surface area contributed by atoms with Crippen molar-refractivity contribution in [2.75, 3.05) is 0 Å². The van der Waals surface area contributed by atoms with E-state index in [4.69, 9.17) is 0 Å². The fraction of sp³-hybridized carbons (Fsp3) is 0.385. The number of benzene rings is 1. The summed E-state index contributed by atoms with van der Waals surface area (Å²) in [5, 5.41) is 4.07. The highest BCUT2D eigenvalue weighted by Gasteiger charge is 2.04. The summed E-state index contributed by atoms with van der Waals surface area (Å²) in [6, 6.07) is 7.18. The summed E-state index contributed by atoms with van der Waals surface area (Å²) in [5.74, 6) is 0.365. The molecule has 17 heavy (non-hydrogen) atoms. The van der Waals surface area contributed by atoms with Crippen LogP contribution in [0.1, 0.15) is 37.6 Å². The smallest absolute Gasteiger partial charge is 0.267 e. The zero-order valence-corrected chi connectivity index (χ0v) is 11.9. The van der Waals surface area contributed by atoms with Gasteiger partial charge in [-0.1, -0.05) is 29.8 Å². The van der Waals surface area contributed by atoms with E-state index in [2.05, 4.69) is 40.3 Å². The number of rotatable bonds is 4. The highest BCUT2D eigenvalue weighted by Crippen LogP contribution is 2.10. The zero-order valence-electron chi connectivity index (χ0n) is 10.3. The number of hydrogen-bond donors (Lipinski definition) is 1. The van der Waals surface area contributed by atoms with Crippen molar-refractivity contribution < 1.29 is 4.79 Å². The van der Waals surface area contributed by atoms with Crippen molar-refractivity contribution in [3.05, 3.63) is 34.3 Å². The van der Waals surface area contributed by atoms with E-state index in [0.717, 1.165) is 16.6 Å². The number of hydrazone groups is 1. The maximum atomic E-state index is 11.7. The molecule has 0 aliphatic carbocycles. The minimum absolute atomic E-state index is 0.180. The van der Waals surface area contributed by atoms with Crippen molar-refractivity contribution in [1.29, 1.82) is 0 Å². The highest BCUT2D eigenvalue weighted by molar-refractivity contribution is 9.10. The van der Waals surface area contributed by atoms with Crippen LogP contribution in [-0.2, 0) is 0 Å². The van der Waals surface area contributed by atoms with Crippen LogP contribution in [0.4, 0.5) is 0 Å². The summed E-state index contributed by atoms with van der Waals surface area (Å²) in [6.07, 6.45) is 0.890. The Morgan fingerprint density at radius 3 is 2.47 bits per heavy atom. The monoisotopic (exact) mass is 296 g/mol. The van der Waals surface area contributed by atoms with Crippen LogP contribution in [0.25, 0.3) is 0 Å². The van der Waals surface area contributed by atoms with Crippen LogP contribution in [0.2, 0.25) is 0 Å². The van der Waals surface area contributed by atoms with Crippen molar-refractivity contribution >= 4 is 27.5 Å². The van der Waals surface area contributed by atoms with Crippen LogP contribution in [0.5, 0.6) is 0 Å². The number of halogens is 1. The molecule has 92 valence electrons. The third-order valence-corrected chi connectivity index (χ3v) is 2.69. The van der Waals surface area contributed by atoms with Gasteiger partial charge < -0.3 is 0 Å². The van der Waals surface area contributed by atoms with Crippen LogP contribution >= 0.6 is 15.9 Å². The average Bonchev–Trinajstić information content (AvgIpc) is 2.26. The van der Waals surface area contributed by atoms with E-state index in [-0.39, 0.29) is 5.91 Å². The summed E-state index contributed by atoms with van der Waals surface area (Å²) >= 11 is 3.32. The van der Waals surface area contributed by atoms with Gasteiger partial charge in [-0.3, -0.25) is 4.79 Å². The Labute approximate surface area is 110 Å². The summed E-state index contributed by atoms with van der Waals surface area (Å²) in [5.41, 5.74) is 4.10. The number of nitrogens with zero attached hydrogens (tertiary/aromatic N) is 1. The van der Waals surface area contributed by atoms with Gasteiger partial charge in [-0.15, -0.1) is 0 Å². The molecular weight excluding hydrogens is 280 g/mol. The van der Waals surface area contributed by atoms with Gasteiger partial charge in [0.1, 0.15) is 0 Å². The van der Waals surface area contributed by atoms with Crippen LogP contribution in [0.3, 0.4) is 0 Å². The molecule has 0 aliphatic rings. The molecule has 1 aromatic carbocycles. The van der Waals surface area contributed by atoms with E-state index in [1.165, 1.54) is 0 Å². The van der Waals surface area contributed by atoms with E-state index in [0.29, 0.717) is 11.5 Å². The van der Waals surface area contributed by atoms with Crippen molar-refractivity contribution in [1.82, 2.24) is 5.43 Å². The minimum Gasteiger partial charge on any atom is -0.267 e. The van der Waals surface area contributed by atoms with Gasteiger partial charge in [0.25, 0.3) is 5.91 Å². The lowest BCUT2D eigenvalue weighted by molar-refractivity contribution is 0.0954. The lowest BCUT2D eigenvalue weighted by Crippen LogP contribution is -2.19. The SMILES string of the molecule is CC(CC(C)C)=NNC(=O)c1ccc(Br)cc1. The molecule has 0 saturated heterocycles. The number of hydrogen-bond acceptors (Lipinski definition) is 2. The number of amides is 1. The number of carbonyl (C=O) groups is 1. The van der Waals surface area contributed by atoms with Crippen molar-refractivity contribution in [2.45, 2.75) is 27.2 Å². The summed E-state index contributed by atoms with van der Waals surface area (Å²) in [6.45, 7) is 6.16. The molecule has 0 aromatic heterocycles. The fourth-order valence-electron chi connectivity index (χ4n) is 1.45. The van der Waals surface area contributed by atoms with Gasteiger partial charge in [0, 0.05) is 15.7 Å². The van der Waals surface area contributed by atoms with Gasteiger partial charge >= 0.3 is 0 Å². The van der Waals surface area contributed by atoms with Crippen LogP contribution in [-0.4, -0.2) is 11.6 Å². The maximum Gasteiger partial charge on any atom is 0.271 e. The topological polar surface area (TPSA) is 41.5 Å². The molecule has 0 atom stereocenters. The summed E-state index contributed by atoms with van der Waals surface area (Å²) < 4.78 is 0.952. The maximum absolute atomic E-state index is 11.7. The van der Waals surface area contributed by atoms with E-state index in [1.54, 1.807) is 12.1 Å². The van der Waals surface area contributed by atoms with Crippen LogP contribution in [0.15, 0.2) is 33.8 Å². The first kappa shape index (κ1) is 13.9. The molecule has 0 bridgehead atoms. The number of nitrogens with one attached hydrogen (secondary N) is 1. The summed E-state index contributed by atoms with van der Waals surface area (Å²) in [7, 11) is 0. The van der Waals surface area contributed by atoms with Crippen molar-refractivity contribution in [3.63, 3.8) is 0 Å². The molecule has 0 aliphatic heterocycles. The molecule has 0 radical (unpaired) electrons. The Morgan fingerprint density at radius 1 is 1.35 bits per heavy atom. The zero-order chi connectivity index (χ0) is 12.8. The van der Waals surface area contributed by atoms with Crippen LogP contribution in [0, 0.1) is 5.92 Å². The first-order valence-corrected chi connectivity index (χ1v) is 6.37. The molecule has 0 heterocycles. The average molecular weight is 297 g/mol. The second-order valence-electron chi connectivity index (χ2n) is 4.39. The lowest BCUT2D eigenvalue weighted by Gasteiger charge is -2.05. The number of carbonyl (C=O) groups excluding carboxylic acids is 1. The van der Waals surface area contributed by atoms with E-state index < -0.39 is 0 Å². The Morgan fingerprint density at radius 2 is 1.94 bits per heavy atom. The van der Waals surface area contributed by atoms with Crippen LogP contribution < -0.4 is 5.43 Å². The fourth-order valence-corrected chi connectivity index (χ4v) is 1.71. The third-order valence-electron chi connectivity index (χ3n) is 2.16. The Hall–Kier alpha value is -1.16. The Kier molecular flexibility index (Phi) is 5.35. The molecule has 1 N–H and O–H groups in total. The minimum atomic E-state index is -0.180. The van der Waals surface area contributed by atoms with Gasteiger partial charge in [-0.2, -0.15) is 5.10 Å². The second kappa shape index (κ2) is 6.55. The molecule has 4 heteroatoms. The normalized spacial score (nSPS) is 11.7. The lowest BCUT2D eigenvalue weighted by atomic mass is 10.1. The molecular formula is C13H17BrN2O. The highest BCUT2D eigenvalue weighted by atomic mass is 79.9. The first-order chi connectivity index (χ1) is 7.99. The summed E-state index contributed by atoms with van der Waals surface area (Å²) in [4.78, 5) is 11.7. The predicted octanol–water partition coefficient (Wildman–Crippen LogP) is 3.60. The van der Waals surface area contributed by atoms with Gasteiger partial charge in [-0.05, 0) is 43.5 Å². The van der Waals surface area contributed by atoms with E-state index >= 15 is 0 Å². The second-order valence-corrected chi connectivity index (χ2v) is 5.31. The largest absolute Gasteiger partial charge is 0.271 e. The van der Waals surface area contributed by atoms with Gasteiger partial charge in [0.2, 0.25) is 0 Å². The molecule has 0 saturated carbocycles. The van der Waals surface area contributed by atoms with Gasteiger partial charge in [-0.25, -0.2) is 5.43 Å². The molecule has 3 nitrogen and oxygen atoms in total. The van der Waals surface area contributed by atoms with Crippen molar-refractivity contribution in [3.8, 4) is 0 Å². The quantitative estimate of drug-likeness (QED) is 0.669. The molecule has 0 spiro atoms. The molecule has 1 aromatic rings. The van der Waals surface area contributed by atoms with Gasteiger partial charge in [0.05, 0.1) is 0 Å². The van der Waals surface area contributed by atoms with Crippen molar-refractivity contribution in [2.24, 2.45) is 11.0 Å². The molecule has 1 rings (SSSR count). The molecule has 1 amide bonds. The predicted molar refractivity (Wildman–Crippen MR) is 74.2 cm³/mol. The van der Waals surface area contributed by atoms with Gasteiger partial charge in [0.15, 0.2) is 0 Å².